The van der Waals surface area contributed by atoms with Gasteiger partial charge in [-0.3, -0.25) is 5.10 Å². The van der Waals surface area contributed by atoms with Crippen LogP contribution in [0.25, 0.3) is 11.3 Å². The molecule has 0 radical (unpaired) electrons. The Hall–Kier alpha value is -1.43. The van der Waals surface area contributed by atoms with Gasteiger partial charge in [-0.15, -0.1) is 0 Å². The normalized spacial score (nSPS) is 11.2. The van der Waals surface area contributed by atoms with Gasteiger partial charge in [0.05, 0.1) is 5.69 Å². The van der Waals surface area contributed by atoms with Crippen molar-refractivity contribution in [2.45, 2.75) is 6.54 Å². The molecule has 102 valence electrons. The van der Waals surface area contributed by atoms with Crippen LogP contribution in [0.15, 0.2) is 24.4 Å². The highest BCUT2D eigenvalue weighted by Gasteiger charge is 2.12. The van der Waals surface area contributed by atoms with Gasteiger partial charge in [0, 0.05) is 42.0 Å². The molecule has 0 atom stereocenters. The number of halogens is 2. The molecule has 6 heteroatoms. The third-order valence-electron chi connectivity index (χ3n) is 2.81. The number of benzene rings is 1. The third-order valence-corrected chi connectivity index (χ3v) is 3.02. The molecule has 2 rings (SSSR count). The molecule has 0 aliphatic rings. The van der Waals surface area contributed by atoms with Crippen molar-refractivity contribution in [1.82, 2.24) is 15.1 Å². The number of nitrogens with two attached hydrogens (primary N) is 1. The van der Waals surface area contributed by atoms with E-state index < -0.39 is 0 Å². The average molecular weight is 283 g/mol. The Labute approximate surface area is 116 Å². The Morgan fingerprint density at radius 1 is 1.42 bits per heavy atom. The van der Waals surface area contributed by atoms with Gasteiger partial charge >= 0.3 is 0 Å². The first-order valence-electron chi connectivity index (χ1n) is 5.98. The first kappa shape index (κ1) is 14.0. The third kappa shape index (κ3) is 3.53. The van der Waals surface area contributed by atoms with Crippen molar-refractivity contribution in [1.29, 1.82) is 0 Å². The van der Waals surface area contributed by atoms with E-state index in [0.29, 0.717) is 29.4 Å². The largest absolute Gasteiger partial charge is 0.329 e. The standard InChI is InChI=1S/C13H16ClFN4/c1-19(3-2-16)8-10-7-17-18-13(10)9-4-11(14)6-12(15)5-9/h4-7H,2-3,8,16H2,1H3,(H,17,18). The molecule has 0 bridgehead atoms. The summed E-state index contributed by atoms with van der Waals surface area (Å²) in [6, 6.07) is 4.40. The summed E-state index contributed by atoms with van der Waals surface area (Å²) in [5, 5.41) is 7.34. The van der Waals surface area contributed by atoms with Crippen LogP contribution in [0.3, 0.4) is 0 Å². The van der Waals surface area contributed by atoms with E-state index in [9.17, 15) is 4.39 Å². The highest BCUT2D eigenvalue weighted by Crippen LogP contribution is 2.26. The molecule has 0 spiro atoms. The summed E-state index contributed by atoms with van der Waals surface area (Å²) < 4.78 is 13.4. The number of H-pyrrole nitrogens is 1. The van der Waals surface area contributed by atoms with Crippen molar-refractivity contribution in [3.05, 3.63) is 40.8 Å². The average Bonchev–Trinajstić information content (AvgIpc) is 2.76. The van der Waals surface area contributed by atoms with Gasteiger partial charge in [-0.05, 0) is 25.2 Å². The van der Waals surface area contributed by atoms with Gasteiger partial charge in [0.15, 0.2) is 0 Å². The number of nitrogens with zero attached hydrogens (tertiary/aromatic N) is 2. The number of aromatic nitrogens is 2. The van der Waals surface area contributed by atoms with Gasteiger partial charge < -0.3 is 10.6 Å². The lowest BCUT2D eigenvalue weighted by Crippen LogP contribution is -2.25. The second kappa shape index (κ2) is 6.14. The Kier molecular flexibility index (Phi) is 4.52. The summed E-state index contributed by atoms with van der Waals surface area (Å²) in [5.74, 6) is -0.369. The summed E-state index contributed by atoms with van der Waals surface area (Å²) in [5.41, 5.74) is 7.88. The minimum atomic E-state index is -0.369. The number of likely N-dealkylation sites (N-methyl/N-ethyl adjacent to an activating group) is 1. The predicted octanol–water partition coefficient (Wildman–Crippen LogP) is 2.26. The fraction of sp³-hybridized carbons (Fsp3) is 0.308. The molecule has 1 aromatic heterocycles. The second-order valence-corrected chi connectivity index (χ2v) is 4.88. The Morgan fingerprint density at radius 3 is 2.89 bits per heavy atom. The van der Waals surface area contributed by atoms with Gasteiger partial charge in [-0.1, -0.05) is 11.6 Å². The van der Waals surface area contributed by atoms with Gasteiger partial charge in [0.25, 0.3) is 0 Å². The molecule has 0 fully saturated rings. The van der Waals surface area contributed by atoms with E-state index in [1.807, 2.05) is 7.05 Å². The maximum Gasteiger partial charge on any atom is 0.125 e. The fourth-order valence-corrected chi connectivity index (χ4v) is 2.19. The number of hydrogen-bond acceptors (Lipinski definition) is 3. The minimum absolute atomic E-state index is 0.360. The highest BCUT2D eigenvalue weighted by molar-refractivity contribution is 6.30. The van der Waals surface area contributed by atoms with Crippen LogP contribution >= 0.6 is 11.6 Å². The van der Waals surface area contributed by atoms with Gasteiger partial charge in [-0.2, -0.15) is 5.10 Å². The van der Waals surface area contributed by atoms with Gasteiger partial charge in [-0.25, -0.2) is 4.39 Å². The molecule has 0 aliphatic heterocycles. The number of aromatic amines is 1. The molecule has 0 aliphatic carbocycles. The summed E-state index contributed by atoms with van der Waals surface area (Å²) >= 11 is 5.87. The molecule has 1 heterocycles. The van der Waals surface area contributed by atoms with Crippen LogP contribution in [0.1, 0.15) is 5.56 Å². The molecule has 0 unspecified atom stereocenters. The predicted molar refractivity (Wildman–Crippen MR) is 74.4 cm³/mol. The van der Waals surface area contributed by atoms with E-state index in [2.05, 4.69) is 15.1 Å². The molecule has 1 aromatic carbocycles. The fourth-order valence-electron chi connectivity index (χ4n) is 1.97. The van der Waals surface area contributed by atoms with Crippen LogP contribution < -0.4 is 5.73 Å². The molecule has 0 saturated heterocycles. The minimum Gasteiger partial charge on any atom is -0.329 e. The van der Waals surface area contributed by atoms with E-state index in [1.54, 1.807) is 12.3 Å². The molecule has 2 aromatic rings. The zero-order valence-electron chi connectivity index (χ0n) is 10.7. The quantitative estimate of drug-likeness (QED) is 0.884. The summed E-state index contributed by atoms with van der Waals surface area (Å²) in [6.45, 7) is 2.07. The van der Waals surface area contributed by atoms with Crippen LogP contribution in [0.2, 0.25) is 5.02 Å². The first-order chi connectivity index (χ1) is 9.10. The van der Waals surface area contributed by atoms with Crippen LogP contribution in [0, 0.1) is 5.82 Å². The van der Waals surface area contributed by atoms with Crippen LogP contribution in [-0.2, 0) is 6.54 Å². The van der Waals surface area contributed by atoms with E-state index in [-0.39, 0.29) is 5.82 Å². The van der Waals surface area contributed by atoms with Crippen molar-refractivity contribution in [3.63, 3.8) is 0 Å². The van der Waals surface area contributed by atoms with Crippen LogP contribution in [-0.4, -0.2) is 35.2 Å². The van der Waals surface area contributed by atoms with Crippen molar-refractivity contribution < 1.29 is 4.39 Å². The summed E-state index contributed by atoms with van der Waals surface area (Å²) in [6.07, 6.45) is 1.81. The molecule has 0 saturated carbocycles. The zero-order chi connectivity index (χ0) is 13.8. The molecule has 4 nitrogen and oxygen atoms in total. The maximum absolute atomic E-state index is 13.4. The van der Waals surface area contributed by atoms with E-state index in [0.717, 1.165) is 12.1 Å². The monoisotopic (exact) mass is 282 g/mol. The Balaban J connectivity index is 2.28. The lowest BCUT2D eigenvalue weighted by atomic mass is 10.1. The second-order valence-electron chi connectivity index (χ2n) is 4.44. The zero-order valence-corrected chi connectivity index (χ0v) is 11.4. The van der Waals surface area contributed by atoms with Crippen LogP contribution in [0.4, 0.5) is 4.39 Å². The van der Waals surface area contributed by atoms with E-state index in [4.69, 9.17) is 17.3 Å². The Bertz CT molecular complexity index is 535. The number of nitrogens with one attached hydrogen (secondary N) is 1. The molecule has 19 heavy (non-hydrogen) atoms. The smallest absolute Gasteiger partial charge is 0.125 e. The molecular weight excluding hydrogens is 267 g/mol. The van der Waals surface area contributed by atoms with Gasteiger partial charge in [0.2, 0.25) is 0 Å². The Morgan fingerprint density at radius 2 is 2.21 bits per heavy atom. The SMILES string of the molecule is CN(CCN)Cc1c[nH]nc1-c1cc(F)cc(Cl)c1. The number of rotatable bonds is 5. The highest BCUT2D eigenvalue weighted by atomic mass is 35.5. The van der Waals surface area contributed by atoms with Crippen LogP contribution in [0.5, 0.6) is 0 Å². The van der Waals surface area contributed by atoms with Crippen molar-refractivity contribution in [3.8, 4) is 11.3 Å². The molecular formula is C13H16ClFN4. The van der Waals surface area contributed by atoms with E-state index in [1.165, 1.54) is 12.1 Å². The van der Waals surface area contributed by atoms with Gasteiger partial charge in [0.1, 0.15) is 5.82 Å². The lowest BCUT2D eigenvalue weighted by molar-refractivity contribution is 0.337. The maximum atomic E-state index is 13.4. The first-order valence-corrected chi connectivity index (χ1v) is 6.35. The lowest BCUT2D eigenvalue weighted by Gasteiger charge is -2.15. The van der Waals surface area contributed by atoms with Crippen molar-refractivity contribution in [2.24, 2.45) is 5.73 Å². The number of hydrogen-bond donors (Lipinski definition) is 2. The topological polar surface area (TPSA) is 57.9 Å². The van der Waals surface area contributed by atoms with E-state index >= 15 is 0 Å². The van der Waals surface area contributed by atoms with Crippen molar-refractivity contribution >= 4 is 11.6 Å². The van der Waals surface area contributed by atoms with Crippen molar-refractivity contribution in [2.75, 3.05) is 20.1 Å². The summed E-state index contributed by atoms with van der Waals surface area (Å²) in [7, 11) is 1.97. The summed E-state index contributed by atoms with van der Waals surface area (Å²) in [4.78, 5) is 2.08. The molecule has 0 amide bonds. The molecule has 3 N–H and O–H groups in total.